The summed E-state index contributed by atoms with van der Waals surface area (Å²) >= 11 is 0. The van der Waals surface area contributed by atoms with Crippen LogP contribution in [0.5, 0.6) is 0 Å². The molecular formula is C16H26O5. The third kappa shape index (κ3) is 13.1. The van der Waals surface area contributed by atoms with Crippen molar-refractivity contribution < 1.29 is 24.2 Å². The van der Waals surface area contributed by atoms with Crippen LogP contribution in [-0.2, 0) is 19.1 Å². The standard InChI is InChI=1S/C16H26O5/c1-12(17)8-6-10-14(18)20-13(2)9-7-11-15(19)21-16(3,4)5/h6-7,10-13,17H,8-9H2,1-5H3/b10-6+,11-7+. The summed E-state index contributed by atoms with van der Waals surface area (Å²) < 4.78 is 10.2. The summed E-state index contributed by atoms with van der Waals surface area (Å²) in [6.07, 6.45) is 5.81. The number of rotatable bonds is 7. The van der Waals surface area contributed by atoms with Gasteiger partial charge in [-0.15, -0.1) is 0 Å². The molecule has 0 aliphatic rings. The summed E-state index contributed by atoms with van der Waals surface area (Å²) in [6.45, 7) is 8.76. The van der Waals surface area contributed by atoms with Crippen molar-refractivity contribution in [2.45, 2.75) is 65.3 Å². The number of hydrogen-bond acceptors (Lipinski definition) is 5. The van der Waals surface area contributed by atoms with E-state index in [0.29, 0.717) is 12.8 Å². The zero-order valence-electron chi connectivity index (χ0n) is 13.5. The van der Waals surface area contributed by atoms with Gasteiger partial charge < -0.3 is 14.6 Å². The lowest BCUT2D eigenvalue weighted by molar-refractivity contribution is -0.148. The first-order valence-electron chi connectivity index (χ1n) is 7.05. The van der Waals surface area contributed by atoms with Gasteiger partial charge in [0.15, 0.2) is 0 Å². The summed E-state index contributed by atoms with van der Waals surface area (Å²) in [5, 5.41) is 9.04. The molecule has 120 valence electrons. The van der Waals surface area contributed by atoms with Crippen LogP contribution in [0.3, 0.4) is 0 Å². The summed E-state index contributed by atoms with van der Waals surface area (Å²) in [5.74, 6) is -0.883. The van der Waals surface area contributed by atoms with Gasteiger partial charge in [0.1, 0.15) is 11.7 Å². The normalized spacial score (nSPS) is 15.1. The number of ether oxygens (including phenoxy) is 2. The van der Waals surface area contributed by atoms with Crippen LogP contribution in [0.25, 0.3) is 0 Å². The van der Waals surface area contributed by atoms with Gasteiger partial charge in [-0.05, 0) is 41.0 Å². The highest BCUT2D eigenvalue weighted by molar-refractivity contribution is 5.82. The lowest BCUT2D eigenvalue weighted by Crippen LogP contribution is -2.22. The van der Waals surface area contributed by atoms with Gasteiger partial charge in [0, 0.05) is 18.6 Å². The second-order valence-electron chi connectivity index (χ2n) is 5.91. The minimum Gasteiger partial charge on any atom is -0.459 e. The van der Waals surface area contributed by atoms with Crippen molar-refractivity contribution in [1.29, 1.82) is 0 Å². The SMILES string of the molecule is CC(O)C/C=C/C(=O)OC(C)C/C=C/C(=O)OC(C)(C)C. The van der Waals surface area contributed by atoms with Crippen molar-refractivity contribution in [3.05, 3.63) is 24.3 Å². The number of aliphatic hydroxyl groups excluding tert-OH is 1. The molecule has 0 heterocycles. The largest absolute Gasteiger partial charge is 0.459 e. The Morgan fingerprint density at radius 3 is 2.10 bits per heavy atom. The van der Waals surface area contributed by atoms with E-state index in [2.05, 4.69) is 0 Å². The third-order valence-corrected chi connectivity index (χ3v) is 2.18. The third-order valence-electron chi connectivity index (χ3n) is 2.18. The predicted octanol–water partition coefficient (Wildman–Crippen LogP) is 2.53. The molecule has 0 saturated heterocycles. The molecule has 5 nitrogen and oxygen atoms in total. The van der Waals surface area contributed by atoms with Crippen LogP contribution in [0, 0.1) is 0 Å². The average molecular weight is 298 g/mol. The summed E-state index contributed by atoms with van der Waals surface area (Å²) in [5.41, 5.74) is -0.520. The van der Waals surface area contributed by atoms with Crippen LogP contribution in [0.2, 0.25) is 0 Å². The maximum Gasteiger partial charge on any atom is 0.330 e. The number of carbonyl (C=O) groups is 2. The molecule has 0 bridgehead atoms. The summed E-state index contributed by atoms with van der Waals surface area (Å²) in [6, 6.07) is 0. The van der Waals surface area contributed by atoms with Crippen LogP contribution < -0.4 is 0 Å². The zero-order chi connectivity index (χ0) is 16.5. The van der Waals surface area contributed by atoms with Crippen molar-refractivity contribution in [2.24, 2.45) is 0 Å². The smallest absolute Gasteiger partial charge is 0.330 e. The van der Waals surface area contributed by atoms with E-state index in [9.17, 15) is 9.59 Å². The van der Waals surface area contributed by atoms with Crippen molar-refractivity contribution >= 4 is 11.9 Å². The Morgan fingerprint density at radius 2 is 1.57 bits per heavy atom. The Bertz CT molecular complexity index is 388. The Balaban J connectivity index is 4.04. The highest BCUT2D eigenvalue weighted by atomic mass is 16.6. The van der Waals surface area contributed by atoms with E-state index in [-0.39, 0.29) is 6.10 Å². The number of carbonyl (C=O) groups excluding carboxylic acids is 2. The molecule has 0 aliphatic carbocycles. The molecular weight excluding hydrogens is 272 g/mol. The van der Waals surface area contributed by atoms with Crippen LogP contribution in [0.1, 0.15) is 47.5 Å². The Kier molecular flexibility index (Phi) is 8.62. The highest BCUT2D eigenvalue weighted by Gasteiger charge is 2.14. The second-order valence-corrected chi connectivity index (χ2v) is 5.91. The van der Waals surface area contributed by atoms with Crippen molar-refractivity contribution in [3.8, 4) is 0 Å². The fraction of sp³-hybridized carbons (Fsp3) is 0.625. The fourth-order valence-electron chi connectivity index (χ4n) is 1.34. The molecule has 1 N–H and O–H groups in total. The van der Waals surface area contributed by atoms with Crippen molar-refractivity contribution in [2.75, 3.05) is 0 Å². The van der Waals surface area contributed by atoms with Crippen LogP contribution in [-0.4, -0.2) is 34.9 Å². The van der Waals surface area contributed by atoms with Gasteiger partial charge in [0.2, 0.25) is 0 Å². The predicted molar refractivity (Wildman–Crippen MR) is 80.6 cm³/mol. The average Bonchev–Trinajstić information content (AvgIpc) is 2.25. The van der Waals surface area contributed by atoms with Gasteiger partial charge in [-0.2, -0.15) is 0 Å². The molecule has 0 aromatic heterocycles. The maximum atomic E-state index is 11.4. The first-order chi connectivity index (χ1) is 9.60. The molecule has 5 heteroatoms. The van der Waals surface area contributed by atoms with Crippen LogP contribution in [0.4, 0.5) is 0 Å². The number of esters is 2. The molecule has 0 radical (unpaired) electrons. The molecule has 21 heavy (non-hydrogen) atoms. The molecule has 0 amide bonds. The van der Waals surface area contributed by atoms with Gasteiger partial charge in [-0.1, -0.05) is 12.2 Å². The lowest BCUT2D eigenvalue weighted by Gasteiger charge is -2.18. The molecule has 0 rings (SSSR count). The monoisotopic (exact) mass is 298 g/mol. The quantitative estimate of drug-likeness (QED) is 0.577. The van der Waals surface area contributed by atoms with Crippen LogP contribution >= 0.6 is 0 Å². The minimum absolute atomic E-state index is 0.340. The van der Waals surface area contributed by atoms with Crippen molar-refractivity contribution in [1.82, 2.24) is 0 Å². The molecule has 0 spiro atoms. The van der Waals surface area contributed by atoms with E-state index in [0.717, 1.165) is 0 Å². The molecule has 0 fully saturated rings. The van der Waals surface area contributed by atoms with Gasteiger partial charge in [0.25, 0.3) is 0 Å². The van der Waals surface area contributed by atoms with E-state index < -0.39 is 23.6 Å². The molecule has 2 atom stereocenters. The fourth-order valence-corrected chi connectivity index (χ4v) is 1.34. The highest BCUT2D eigenvalue weighted by Crippen LogP contribution is 2.08. The van der Waals surface area contributed by atoms with E-state index in [1.54, 1.807) is 46.8 Å². The minimum atomic E-state index is -0.520. The first-order valence-corrected chi connectivity index (χ1v) is 7.05. The molecule has 0 aromatic rings. The second kappa shape index (κ2) is 9.34. The zero-order valence-corrected chi connectivity index (χ0v) is 13.5. The molecule has 0 aliphatic heterocycles. The van der Waals surface area contributed by atoms with Crippen LogP contribution in [0.15, 0.2) is 24.3 Å². The molecule has 2 unspecified atom stereocenters. The van der Waals surface area contributed by atoms with Gasteiger partial charge in [0.05, 0.1) is 6.10 Å². The maximum absolute atomic E-state index is 11.4. The first kappa shape index (κ1) is 19.4. The van der Waals surface area contributed by atoms with E-state index in [4.69, 9.17) is 14.6 Å². The van der Waals surface area contributed by atoms with Crippen molar-refractivity contribution in [3.63, 3.8) is 0 Å². The van der Waals surface area contributed by atoms with E-state index in [1.165, 1.54) is 12.2 Å². The van der Waals surface area contributed by atoms with Gasteiger partial charge in [-0.3, -0.25) is 0 Å². The topological polar surface area (TPSA) is 72.8 Å². The van der Waals surface area contributed by atoms with E-state index >= 15 is 0 Å². The summed E-state index contributed by atoms with van der Waals surface area (Å²) in [7, 11) is 0. The van der Waals surface area contributed by atoms with E-state index in [1.807, 2.05) is 0 Å². The molecule has 0 saturated carbocycles. The van der Waals surface area contributed by atoms with Gasteiger partial charge in [-0.25, -0.2) is 9.59 Å². The number of hydrogen-bond donors (Lipinski definition) is 1. The summed E-state index contributed by atoms with van der Waals surface area (Å²) in [4.78, 5) is 22.8. The lowest BCUT2D eigenvalue weighted by atomic mass is 10.2. The van der Waals surface area contributed by atoms with Gasteiger partial charge >= 0.3 is 11.9 Å². The number of aliphatic hydroxyl groups is 1. The Labute approximate surface area is 126 Å². The molecule has 0 aromatic carbocycles. The Hall–Kier alpha value is -1.62. The Morgan fingerprint density at radius 1 is 1.05 bits per heavy atom.